The van der Waals surface area contributed by atoms with Crippen molar-refractivity contribution < 1.29 is 26.7 Å². The van der Waals surface area contributed by atoms with Crippen LogP contribution in [0.1, 0.15) is 0 Å². The molecule has 0 aliphatic carbocycles. The maximum absolute atomic E-state index is 15.4. The summed E-state index contributed by atoms with van der Waals surface area (Å²) in [4.78, 5) is 15.6. The molecule has 0 unspecified atom stereocenters. The number of benzene rings is 1. The molecule has 1 aliphatic heterocycles. The van der Waals surface area contributed by atoms with Gasteiger partial charge < -0.3 is 14.8 Å². The molecule has 36 heavy (non-hydrogen) atoms. The number of halogens is 3. The first kappa shape index (κ1) is 24.0. The maximum atomic E-state index is 15.4. The van der Waals surface area contributed by atoms with Crippen LogP contribution in [0.4, 0.5) is 20.5 Å². The maximum Gasteiger partial charge on any atom is 0.268 e. The lowest BCUT2D eigenvalue weighted by atomic mass is 10.0. The lowest BCUT2D eigenvalue weighted by molar-refractivity contribution is 0.0208. The second kappa shape index (κ2) is 9.41. The molecule has 186 valence electrons. The molecule has 0 atom stereocenters. The van der Waals surface area contributed by atoms with Crippen LogP contribution in [0.25, 0.3) is 22.0 Å². The van der Waals surface area contributed by atoms with Crippen molar-refractivity contribution in [1.29, 1.82) is 0 Å². The van der Waals surface area contributed by atoms with E-state index in [1.54, 1.807) is 6.07 Å². The Hall–Kier alpha value is -3.68. The quantitative estimate of drug-likeness (QED) is 0.365. The number of ether oxygens (including phenoxy) is 2. The summed E-state index contributed by atoms with van der Waals surface area (Å²) in [5.74, 6) is -2.76. The molecule has 5 rings (SSSR count). The minimum absolute atomic E-state index is 0.0159. The molecular weight excluding hydrogens is 518 g/mol. The van der Waals surface area contributed by atoms with Crippen LogP contribution >= 0.6 is 11.6 Å². The molecule has 3 aromatic heterocycles. The van der Waals surface area contributed by atoms with E-state index in [-0.39, 0.29) is 22.5 Å². The first-order chi connectivity index (χ1) is 17.2. The summed E-state index contributed by atoms with van der Waals surface area (Å²) in [7, 11) is -3.23. The number of pyridine rings is 2. The summed E-state index contributed by atoms with van der Waals surface area (Å²) < 4.78 is 68.0. The standard InChI is InChI=1S/C22H17ClF2N6O4S/c1-34-21-17(5-13(23)7-27-21)36(32,33)31-20-19(25)18(15(24)8-26-20)11-2-3-16-12(4-11)6-28-22(30-16)29-14-9-35-10-14/h2-8,14H,9-10H2,1H3,(H,26,31)(H,28,29,30). The van der Waals surface area contributed by atoms with E-state index >= 15 is 4.39 Å². The highest BCUT2D eigenvalue weighted by Gasteiger charge is 2.26. The smallest absolute Gasteiger partial charge is 0.268 e. The Morgan fingerprint density at radius 1 is 1.11 bits per heavy atom. The van der Waals surface area contributed by atoms with Gasteiger partial charge in [0.1, 0.15) is 0 Å². The summed E-state index contributed by atoms with van der Waals surface area (Å²) >= 11 is 5.86. The molecule has 0 spiro atoms. The lowest BCUT2D eigenvalue weighted by Crippen LogP contribution is -2.40. The second-order valence-corrected chi connectivity index (χ2v) is 9.84. The van der Waals surface area contributed by atoms with Crippen LogP contribution in [0.2, 0.25) is 5.02 Å². The van der Waals surface area contributed by atoms with Gasteiger partial charge in [-0.2, -0.15) is 0 Å². The van der Waals surface area contributed by atoms with Crippen LogP contribution in [0, 0.1) is 11.6 Å². The third kappa shape index (κ3) is 4.59. The van der Waals surface area contributed by atoms with Gasteiger partial charge in [0.2, 0.25) is 11.8 Å². The Morgan fingerprint density at radius 2 is 1.92 bits per heavy atom. The van der Waals surface area contributed by atoms with Gasteiger partial charge in [-0.25, -0.2) is 37.1 Å². The van der Waals surface area contributed by atoms with E-state index in [0.29, 0.717) is 30.1 Å². The minimum Gasteiger partial charge on any atom is -0.480 e. The van der Waals surface area contributed by atoms with Crippen molar-refractivity contribution in [1.82, 2.24) is 19.9 Å². The summed E-state index contributed by atoms with van der Waals surface area (Å²) in [5.41, 5.74) is 0.210. The number of nitrogens with zero attached hydrogens (tertiary/aromatic N) is 4. The number of methoxy groups -OCH3 is 1. The third-order valence-corrected chi connectivity index (χ3v) is 6.85. The molecular formula is C22H17ClF2N6O4S. The summed E-state index contributed by atoms with van der Waals surface area (Å²) in [6, 6.07) is 5.76. The third-order valence-electron chi connectivity index (χ3n) is 5.31. The fraction of sp³-hybridized carbons (Fsp3) is 0.182. The summed E-state index contributed by atoms with van der Waals surface area (Å²) in [5, 5.41) is 3.67. The Balaban J connectivity index is 1.49. The first-order valence-corrected chi connectivity index (χ1v) is 12.3. The van der Waals surface area contributed by atoms with E-state index in [2.05, 4.69) is 25.3 Å². The molecule has 2 N–H and O–H groups in total. The van der Waals surface area contributed by atoms with Gasteiger partial charge in [-0.3, -0.25) is 4.72 Å². The van der Waals surface area contributed by atoms with Crippen LogP contribution in [-0.4, -0.2) is 54.7 Å². The van der Waals surface area contributed by atoms with Crippen molar-refractivity contribution in [2.24, 2.45) is 0 Å². The molecule has 1 fully saturated rings. The zero-order valence-corrected chi connectivity index (χ0v) is 20.1. The Labute approximate surface area is 208 Å². The van der Waals surface area contributed by atoms with Gasteiger partial charge >= 0.3 is 0 Å². The number of nitrogens with one attached hydrogen (secondary N) is 2. The molecule has 1 saturated heterocycles. The van der Waals surface area contributed by atoms with Crippen LogP contribution in [-0.2, 0) is 14.8 Å². The normalized spacial score (nSPS) is 13.9. The van der Waals surface area contributed by atoms with E-state index < -0.39 is 37.9 Å². The van der Waals surface area contributed by atoms with Gasteiger partial charge in [-0.1, -0.05) is 17.7 Å². The highest BCUT2D eigenvalue weighted by molar-refractivity contribution is 7.92. The monoisotopic (exact) mass is 534 g/mol. The van der Waals surface area contributed by atoms with Crippen LogP contribution in [0.15, 0.2) is 47.8 Å². The largest absolute Gasteiger partial charge is 0.480 e. The zero-order valence-electron chi connectivity index (χ0n) is 18.5. The summed E-state index contributed by atoms with van der Waals surface area (Å²) in [6.45, 7) is 1.13. The number of hydrogen-bond acceptors (Lipinski definition) is 9. The molecule has 1 aromatic carbocycles. The van der Waals surface area contributed by atoms with Gasteiger partial charge in [-0.05, 0) is 23.8 Å². The van der Waals surface area contributed by atoms with Crippen LogP contribution in [0.5, 0.6) is 5.88 Å². The predicted molar refractivity (Wildman–Crippen MR) is 128 cm³/mol. The Kier molecular flexibility index (Phi) is 6.28. The molecule has 1 aliphatic rings. The molecule has 14 heteroatoms. The van der Waals surface area contributed by atoms with E-state index in [9.17, 15) is 12.8 Å². The van der Waals surface area contributed by atoms with Crippen molar-refractivity contribution in [3.63, 3.8) is 0 Å². The average molecular weight is 535 g/mol. The van der Waals surface area contributed by atoms with E-state index in [1.165, 1.54) is 31.6 Å². The number of sulfonamides is 1. The van der Waals surface area contributed by atoms with Crippen LogP contribution < -0.4 is 14.8 Å². The van der Waals surface area contributed by atoms with Gasteiger partial charge in [-0.15, -0.1) is 0 Å². The van der Waals surface area contributed by atoms with Gasteiger partial charge in [0.25, 0.3) is 10.0 Å². The average Bonchev–Trinajstić information content (AvgIpc) is 2.83. The predicted octanol–water partition coefficient (Wildman–Crippen LogP) is 3.64. The molecule has 4 aromatic rings. The summed E-state index contributed by atoms with van der Waals surface area (Å²) in [6.07, 6.45) is 3.43. The zero-order chi connectivity index (χ0) is 25.4. The van der Waals surface area contributed by atoms with E-state index in [1.807, 2.05) is 4.72 Å². The minimum atomic E-state index is -4.44. The number of hydrogen-bond donors (Lipinski definition) is 2. The first-order valence-electron chi connectivity index (χ1n) is 10.4. The number of fused-ring (bicyclic) bond motifs is 1. The fourth-order valence-corrected chi connectivity index (χ4v) is 4.88. The Bertz CT molecular complexity index is 1590. The van der Waals surface area contributed by atoms with Crippen molar-refractivity contribution >= 4 is 44.3 Å². The molecule has 10 nitrogen and oxygen atoms in total. The van der Waals surface area contributed by atoms with Gasteiger partial charge in [0, 0.05) is 17.8 Å². The van der Waals surface area contributed by atoms with Crippen molar-refractivity contribution in [3.8, 4) is 17.0 Å². The second-order valence-electron chi connectivity index (χ2n) is 7.76. The molecule has 4 heterocycles. The van der Waals surface area contributed by atoms with E-state index in [4.69, 9.17) is 21.1 Å². The van der Waals surface area contributed by atoms with E-state index in [0.717, 1.165) is 12.3 Å². The van der Waals surface area contributed by atoms with Gasteiger partial charge in [0.05, 0.1) is 48.7 Å². The molecule has 0 bridgehead atoms. The fourth-order valence-electron chi connectivity index (χ4n) is 3.50. The van der Waals surface area contributed by atoms with Crippen LogP contribution in [0.3, 0.4) is 0 Å². The topological polar surface area (TPSA) is 128 Å². The molecule has 0 radical (unpaired) electrons. The highest BCUT2D eigenvalue weighted by atomic mass is 35.5. The molecule has 0 amide bonds. The number of anilines is 2. The Morgan fingerprint density at radius 3 is 2.64 bits per heavy atom. The van der Waals surface area contributed by atoms with Crippen molar-refractivity contribution in [3.05, 3.63) is 59.5 Å². The lowest BCUT2D eigenvalue weighted by Gasteiger charge is -2.26. The number of rotatable bonds is 7. The van der Waals surface area contributed by atoms with Gasteiger partial charge in [0.15, 0.2) is 22.3 Å². The number of aromatic nitrogens is 4. The highest BCUT2D eigenvalue weighted by Crippen LogP contribution is 2.33. The van der Waals surface area contributed by atoms with Crippen molar-refractivity contribution in [2.75, 3.05) is 30.4 Å². The molecule has 0 saturated carbocycles. The SMILES string of the molecule is COc1ncc(Cl)cc1S(=O)(=O)Nc1ncc(F)c(-c2ccc3nc(NC4COC4)ncc3c2)c1F. The van der Waals surface area contributed by atoms with Crippen molar-refractivity contribution in [2.45, 2.75) is 10.9 Å².